The molecule has 118 valence electrons. The van der Waals surface area contributed by atoms with Gasteiger partial charge in [-0.25, -0.2) is 4.39 Å². The van der Waals surface area contributed by atoms with Crippen molar-refractivity contribution in [2.75, 3.05) is 0 Å². The molecule has 0 spiro atoms. The monoisotopic (exact) mass is 313 g/mol. The maximum absolute atomic E-state index is 13.2. The minimum absolute atomic E-state index is 0.289. The molecule has 23 heavy (non-hydrogen) atoms. The van der Waals surface area contributed by atoms with Crippen LogP contribution in [-0.2, 0) is 17.6 Å². The molecule has 0 saturated heterocycles. The predicted octanol–water partition coefficient (Wildman–Crippen LogP) is 1.90. The Balaban J connectivity index is 1.49. The lowest BCUT2D eigenvalue weighted by Crippen LogP contribution is -2.42. The van der Waals surface area contributed by atoms with Crippen LogP contribution < -0.4 is 10.1 Å². The lowest BCUT2D eigenvalue weighted by atomic mass is 10.1. The summed E-state index contributed by atoms with van der Waals surface area (Å²) in [5.74, 6) is -0.0881. The van der Waals surface area contributed by atoms with Gasteiger partial charge in [0.2, 0.25) is 0 Å². The maximum atomic E-state index is 13.2. The number of hydrogen-bond acceptors (Lipinski definition) is 3. The Bertz CT molecular complexity index is 777. The van der Waals surface area contributed by atoms with Crippen LogP contribution in [0.2, 0.25) is 0 Å². The molecule has 1 amide bonds. The maximum Gasteiger partial charge on any atom is 0.262 e. The van der Waals surface area contributed by atoms with Crippen molar-refractivity contribution in [3.63, 3.8) is 0 Å². The van der Waals surface area contributed by atoms with Gasteiger partial charge in [-0.3, -0.25) is 4.79 Å². The van der Waals surface area contributed by atoms with Crippen LogP contribution in [-0.4, -0.2) is 23.2 Å². The average molecular weight is 313 g/mol. The van der Waals surface area contributed by atoms with E-state index >= 15 is 0 Å². The van der Waals surface area contributed by atoms with E-state index in [1.165, 1.54) is 18.2 Å². The second kappa shape index (κ2) is 5.35. The highest BCUT2D eigenvalue weighted by molar-refractivity contribution is 5.83. The van der Waals surface area contributed by atoms with Crippen LogP contribution >= 0.6 is 0 Å². The van der Waals surface area contributed by atoms with Crippen LogP contribution in [0.3, 0.4) is 0 Å². The minimum atomic E-state index is -0.688. The molecule has 3 atom stereocenters. The highest BCUT2D eigenvalue weighted by Crippen LogP contribution is 2.33. The van der Waals surface area contributed by atoms with E-state index in [1.807, 2.05) is 24.3 Å². The number of amides is 1. The standard InChI is InChI=1S/C18H16FNO3/c19-12-5-6-15-11(7-12)9-16(23-15)18(22)20-17-13-4-2-1-3-10(13)8-14(17)21/h1-7,14,16-17,21H,8-9H2,(H,20,22). The van der Waals surface area contributed by atoms with E-state index in [1.54, 1.807) is 0 Å². The summed E-state index contributed by atoms with van der Waals surface area (Å²) >= 11 is 0. The lowest BCUT2D eigenvalue weighted by molar-refractivity contribution is -0.128. The van der Waals surface area contributed by atoms with Crippen molar-refractivity contribution in [3.05, 3.63) is 65.0 Å². The number of carbonyl (C=O) groups excluding carboxylic acids is 1. The number of nitrogens with one attached hydrogen (secondary N) is 1. The fourth-order valence-corrected chi connectivity index (χ4v) is 3.36. The molecule has 0 bridgehead atoms. The molecule has 0 fully saturated rings. The highest BCUT2D eigenvalue weighted by Gasteiger charge is 2.36. The van der Waals surface area contributed by atoms with Crippen molar-refractivity contribution in [1.29, 1.82) is 0 Å². The van der Waals surface area contributed by atoms with Gasteiger partial charge >= 0.3 is 0 Å². The topological polar surface area (TPSA) is 58.6 Å². The molecule has 0 saturated carbocycles. The summed E-state index contributed by atoms with van der Waals surface area (Å²) in [4.78, 5) is 12.5. The molecule has 4 nitrogen and oxygen atoms in total. The Morgan fingerprint density at radius 1 is 1.17 bits per heavy atom. The Kier molecular flexibility index (Phi) is 3.31. The van der Waals surface area contributed by atoms with Crippen molar-refractivity contribution in [1.82, 2.24) is 5.32 Å². The summed E-state index contributed by atoms with van der Waals surface area (Å²) in [5, 5.41) is 13.1. The number of halogens is 1. The third-order valence-electron chi connectivity index (χ3n) is 4.49. The summed E-state index contributed by atoms with van der Waals surface area (Å²) in [5.41, 5.74) is 2.68. The van der Waals surface area contributed by atoms with Gasteiger partial charge in [0.1, 0.15) is 11.6 Å². The largest absolute Gasteiger partial charge is 0.480 e. The van der Waals surface area contributed by atoms with Crippen LogP contribution in [0.15, 0.2) is 42.5 Å². The van der Waals surface area contributed by atoms with E-state index in [-0.39, 0.29) is 11.7 Å². The van der Waals surface area contributed by atoms with Crippen molar-refractivity contribution in [2.24, 2.45) is 0 Å². The molecule has 2 aliphatic rings. The van der Waals surface area contributed by atoms with E-state index in [2.05, 4.69) is 5.32 Å². The Hall–Kier alpha value is -2.40. The average Bonchev–Trinajstić information content (AvgIpc) is 3.08. The molecule has 2 aromatic rings. The number of ether oxygens (including phenoxy) is 1. The fourth-order valence-electron chi connectivity index (χ4n) is 3.36. The molecule has 1 heterocycles. The summed E-state index contributed by atoms with van der Waals surface area (Å²) in [6.07, 6.45) is -0.467. The van der Waals surface area contributed by atoms with E-state index < -0.39 is 18.2 Å². The molecule has 2 N–H and O–H groups in total. The number of carbonyl (C=O) groups is 1. The highest BCUT2D eigenvalue weighted by atomic mass is 19.1. The third kappa shape index (κ3) is 2.47. The van der Waals surface area contributed by atoms with Crippen LogP contribution in [0.4, 0.5) is 4.39 Å². The normalized spacial score (nSPS) is 24.7. The van der Waals surface area contributed by atoms with Crippen LogP contribution in [0, 0.1) is 5.82 Å². The van der Waals surface area contributed by atoms with Gasteiger partial charge < -0.3 is 15.2 Å². The zero-order valence-electron chi connectivity index (χ0n) is 12.3. The van der Waals surface area contributed by atoms with Crippen LogP contribution in [0.5, 0.6) is 5.75 Å². The van der Waals surface area contributed by atoms with Crippen molar-refractivity contribution < 1.29 is 19.0 Å². The zero-order chi connectivity index (χ0) is 16.0. The van der Waals surface area contributed by atoms with Crippen molar-refractivity contribution >= 4 is 5.91 Å². The summed E-state index contributed by atoms with van der Waals surface area (Å²) in [6.45, 7) is 0. The first-order valence-corrected chi connectivity index (χ1v) is 7.63. The lowest BCUT2D eigenvalue weighted by Gasteiger charge is -2.20. The molecule has 1 aliphatic carbocycles. The van der Waals surface area contributed by atoms with Crippen LogP contribution in [0.25, 0.3) is 0 Å². The molecule has 5 heteroatoms. The molecule has 3 unspecified atom stereocenters. The number of hydrogen-bond donors (Lipinski definition) is 2. The Morgan fingerprint density at radius 2 is 2.00 bits per heavy atom. The van der Waals surface area contributed by atoms with E-state index in [0.29, 0.717) is 24.2 Å². The van der Waals surface area contributed by atoms with Crippen LogP contribution in [0.1, 0.15) is 22.7 Å². The molecular weight excluding hydrogens is 297 g/mol. The van der Waals surface area contributed by atoms with E-state index in [4.69, 9.17) is 4.74 Å². The van der Waals surface area contributed by atoms with Gasteiger partial charge in [0, 0.05) is 18.4 Å². The number of rotatable bonds is 2. The summed E-state index contributed by atoms with van der Waals surface area (Å²) in [6, 6.07) is 11.5. The first-order chi connectivity index (χ1) is 11.1. The van der Waals surface area contributed by atoms with Gasteiger partial charge in [0.15, 0.2) is 6.10 Å². The molecule has 0 aromatic heterocycles. The van der Waals surface area contributed by atoms with Gasteiger partial charge in [-0.15, -0.1) is 0 Å². The summed E-state index contributed by atoms with van der Waals surface area (Å²) < 4.78 is 18.8. The Morgan fingerprint density at radius 3 is 2.87 bits per heavy atom. The first-order valence-electron chi connectivity index (χ1n) is 7.63. The quantitative estimate of drug-likeness (QED) is 0.890. The van der Waals surface area contributed by atoms with E-state index in [0.717, 1.165) is 11.1 Å². The number of aliphatic hydroxyl groups excluding tert-OH is 1. The smallest absolute Gasteiger partial charge is 0.262 e. The predicted molar refractivity (Wildman–Crippen MR) is 81.6 cm³/mol. The number of fused-ring (bicyclic) bond motifs is 2. The van der Waals surface area contributed by atoms with Gasteiger partial charge in [0.05, 0.1) is 12.1 Å². The van der Waals surface area contributed by atoms with Crippen molar-refractivity contribution in [3.8, 4) is 5.75 Å². The van der Waals surface area contributed by atoms with Gasteiger partial charge in [-0.1, -0.05) is 24.3 Å². The second-order valence-corrected chi connectivity index (χ2v) is 6.02. The second-order valence-electron chi connectivity index (χ2n) is 6.02. The fraction of sp³-hybridized carbons (Fsp3) is 0.278. The minimum Gasteiger partial charge on any atom is -0.480 e. The summed E-state index contributed by atoms with van der Waals surface area (Å²) in [7, 11) is 0. The molecule has 0 radical (unpaired) electrons. The van der Waals surface area contributed by atoms with Gasteiger partial charge in [0.25, 0.3) is 5.91 Å². The third-order valence-corrected chi connectivity index (χ3v) is 4.49. The molecule has 4 rings (SSSR count). The SMILES string of the molecule is O=C(NC1c2ccccc2CC1O)C1Cc2cc(F)ccc2O1. The Labute approximate surface area is 132 Å². The molecule has 1 aliphatic heterocycles. The first kappa shape index (κ1) is 14.2. The molecular formula is C18H16FNO3. The van der Waals surface area contributed by atoms with Gasteiger partial charge in [-0.2, -0.15) is 0 Å². The number of aliphatic hydroxyl groups is 1. The van der Waals surface area contributed by atoms with Gasteiger partial charge in [-0.05, 0) is 29.3 Å². The van der Waals surface area contributed by atoms with E-state index in [9.17, 15) is 14.3 Å². The zero-order valence-corrected chi connectivity index (χ0v) is 12.3. The van der Waals surface area contributed by atoms with Crippen molar-refractivity contribution in [2.45, 2.75) is 31.1 Å². The molecule has 2 aromatic carbocycles. The number of benzene rings is 2.